The first-order valence-electron chi connectivity index (χ1n) is 4.93. The summed E-state index contributed by atoms with van der Waals surface area (Å²) in [6.45, 7) is 0. The summed E-state index contributed by atoms with van der Waals surface area (Å²) in [5, 5.41) is 3.05. The number of carbonyl (C=O) groups is 1. The maximum atomic E-state index is 10.3. The van der Waals surface area contributed by atoms with Crippen molar-refractivity contribution in [3.05, 3.63) is 39.1 Å². The average molecular weight is 296 g/mol. The molecule has 0 bridgehead atoms. The lowest BCUT2D eigenvalue weighted by Gasteiger charge is -1.96. The van der Waals surface area contributed by atoms with Crippen LogP contribution in [0.4, 0.5) is 0 Å². The quantitative estimate of drug-likeness (QED) is 0.805. The van der Waals surface area contributed by atoms with Crippen LogP contribution in [0, 0.1) is 0 Å². The average Bonchev–Trinajstić information content (AvgIpc) is 2.76. The third-order valence-corrected chi connectivity index (χ3v) is 3.61. The molecule has 82 valence electrons. The van der Waals surface area contributed by atoms with Gasteiger partial charge in [-0.05, 0) is 12.1 Å². The van der Waals surface area contributed by atoms with Crippen LogP contribution in [-0.4, -0.2) is 11.3 Å². The molecule has 0 radical (unpaired) electrons. The fraction of sp³-hybridized carbons (Fsp3) is 0.167. The Hall–Kier alpha value is -1.00. The van der Waals surface area contributed by atoms with E-state index in [1.165, 1.54) is 0 Å². The molecule has 2 rings (SSSR count). The minimum absolute atomic E-state index is 0.549. The molecule has 1 heterocycles. The SMILES string of the molecule is O=CCCc1nc(-c2ccc(Br)cc2)cs1. The van der Waals surface area contributed by atoms with E-state index in [1.807, 2.05) is 29.6 Å². The number of aryl methyl sites for hydroxylation is 1. The molecule has 1 aromatic carbocycles. The number of aromatic nitrogens is 1. The second-order valence-electron chi connectivity index (χ2n) is 3.34. The molecule has 0 aliphatic carbocycles. The Morgan fingerprint density at radius 1 is 1.31 bits per heavy atom. The van der Waals surface area contributed by atoms with Gasteiger partial charge in [0.05, 0.1) is 10.7 Å². The van der Waals surface area contributed by atoms with Gasteiger partial charge in [0, 0.05) is 28.3 Å². The summed E-state index contributed by atoms with van der Waals surface area (Å²) in [5.41, 5.74) is 2.09. The van der Waals surface area contributed by atoms with Crippen molar-refractivity contribution in [1.29, 1.82) is 0 Å². The zero-order valence-corrected chi connectivity index (χ0v) is 10.9. The van der Waals surface area contributed by atoms with Crippen molar-refractivity contribution in [3.63, 3.8) is 0 Å². The number of halogens is 1. The number of hydrogen-bond acceptors (Lipinski definition) is 3. The van der Waals surface area contributed by atoms with Crippen LogP contribution in [0.1, 0.15) is 11.4 Å². The Morgan fingerprint density at radius 2 is 2.06 bits per heavy atom. The molecule has 1 aromatic heterocycles. The topological polar surface area (TPSA) is 30.0 Å². The van der Waals surface area contributed by atoms with Gasteiger partial charge in [0.1, 0.15) is 6.29 Å². The van der Waals surface area contributed by atoms with Gasteiger partial charge in [0.25, 0.3) is 0 Å². The van der Waals surface area contributed by atoms with Gasteiger partial charge in [0.15, 0.2) is 0 Å². The summed E-state index contributed by atoms with van der Waals surface area (Å²) in [4.78, 5) is 14.8. The first kappa shape index (κ1) is 11.5. The third kappa shape index (κ3) is 2.77. The van der Waals surface area contributed by atoms with E-state index >= 15 is 0 Å². The molecule has 2 aromatic rings. The molecule has 0 saturated carbocycles. The fourth-order valence-electron chi connectivity index (χ4n) is 1.36. The monoisotopic (exact) mass is 295 g/mol. The van der Waals surface area contributed by atoms with Crippen molar-refractivity contribution < 1.29 is 4.79 Å². The minimum atomic E-state index is 0.549. The lowest BCUT2D eigenvalue weighted by Crippen LogP contribution is -1.85. The summed E-state index contributed by atoms with van der Waals surface area (Å²) in [6.07, 6.45) is 2.22. The van der Waals surface area contributed by atoms with Crippen LogP contribution in [0.25, 0.3) is 11.3 Å². The maximum absolute atomic E-state index is 10.3. The van der Waals surface area contributed by atoms with E-state index in [0.29, 0.717) is 6.42 Å². The molecule has 2 nitrogen and oxygen atoms in total. The predicted molar refractivity (Wildman–Crippen MR) is 69.6 cm³/mol. The van der Waals surface area contributed by atoms with Gasteiger partial charge >= 0.3 is 0 Å². The molecule has 0 unspecified atom stereocenters. The maximum Gasteiger partial charge on any atom is 0.120 e. The molecule has 0 N–H and O–H groups in total. The van der Waals surface area contributed by atoms with E-state index in [9.17, 15) is 4.79 Å². The number of thiazole rings is 1. The van der Waals surface area contributed by atoms with Gasteiger partial charge in [-0.25, -0.2) is 4.98 Å². The lowest BCUT2D eigenvalue weighted by molar-refractivity contribution is -0.107. The Balaban J connectivity index is 2.17. The highest BCUT2D eigenvalue weighted by Gasteiger charge is 2.03. The lowest BCUT2D eigenvalue weighted by atomic mass is 10.2. The van der Waals surface area contributed by atoms with Crippen LogP contribution in [0.2, 0.25) is 0 Å². The van der Waals surface area contributed by atoms with Crippen molar-refractivity contribution in [2.75, 3.05) is 0 Å². The minimum Gasteiger partial charge on any atom is -0.303 e. The second kappa shape index (κ2) is 5.37. The number of carbonyl (C=O) groups excluding carboxylic acids is 1. The summed E-state index contributed by atoms with van der Waals surface area (Å²) >= 11 is 5.01. The Labute approximate surface area is 106 Å². The van der Waals surface area contributed by atoms with Crippen LogP contribution in [-0.2, 0) is 11.2 Å². The van der Waals surface area contributed by atoms with Crippen molar-refractivity contribution in [2.45, 2.75) is 12.8 Å². The highest BCUT2D eigenvalue weighted by molar-refractivity contribution is 9.10. The zero-order chi connectivity index (χ0) is 11.4. The van der Waals surface area contributed by atoms with Crippen molar-refractivity contribution in [2.24, 2.45) is 0 Å². The number of rotatable bonds is 4. The summed E-state index contributed by atoms with van der Waals surface area (Å²) in [7, 11) is 0. The fourth-order valence-corrected chi connectivity index (χ4v) is 2.45. The van der Waals surface area contributed by atoms with Gasteiger partial charge in [-0.2, -0.15) is 0 Å². The number of hydrogen-bond donors (Lipinski definition) is 0. The molecule has 0 saturated heterocycles. The Bertz CT molecular complexity index is 478. The summed E-state index contributed by atoms with van der Waals surface area (Å²) in [5.74, 6) is 0. The van der Waals surface area contributed by atoms with Crippen LogP contribution < -0.4 is 0 Å². The number of benzene rings is 1. The third-order valence-electron chi connectivity index (χ3n) is 2.17. The predicted octanol–water partition coefficient (Wildman–Crippen LogP) is 3.70. The molecule has 4 heteroatoms. The zero-order valence-electron chi connectivity index (χ0n) is 8.52. The van der Waals surface area contributed by atoms with E-state index in [2.05, 4.69) is 20.9 Å². The highest BCUT2D eigenvalue weighted by atomic mass is 79.9. The van der Waals surface area contributed by atoms with Crippen molar-refractivity contribution in [1.82, 2.24) is 4.98 Å². The van der Waals surface area contributed by atoms with Crippen LogP contribution in [0.15, 0.2) is 34.1 Å². The first-order chi connectivity index (χ1) is 7.79. The largest absolute Gasteiger partial charge is 0.303 e. The van der Waals surface area contributed by atoms with E-state index in [-0.39, 0.29) is 0 Å². The van der Waals surface area contributed by atoms with Gasteiger partial charge in [-0.15, -0.1) is 11.3 Å². The van der Waals surface area contributed by atoms with Crippen molar-refractivity contribution in [3.8, 4) is 11.3 Å². The molecular formula is C12H10BrNOS. The van der Waals surface area contributed by atoms with E-state index in [0.717, 1.165) is 33.4 Å². The van der Waals surface area contributed by atoms with Crippen LogP contribution in [0.3, 0.4) is 0 Å². The molecule has 0 amide bonds. The van der Waals surface area contributed by atoms with E-state index in [4.69, 9.17) is 0 Å². The van der Waals surface area contributed by atoms with Gasteiger partial charge in [0.2, 0.25) is 0 Å². The van der Waals surface area contributed by atoms with Crippen LogP contribution in [0.5, 0.6) is 0 Å². The normalized spacial score (nSPS) is 10.3. The molecular weight excluding hydrogens is 286 g/mol. The van der Waals surface area contributed by atoms with Crippen molar-refractivity contribution >= 4 is 33.6 Å². The van der Waals surface area contributed by atoms with Gasteiger partial charge < -0.3 is 4.79 Å². The summed E-state index contributed by atoms with van der Waals surface area (Å²) in [6, 6.07) is 8.06. The molecule has 0 aliphatic rings. The van der Waals surface area contributed by atoms with E-state index in [1.54, 1.807) is 11.3 Å². The molecule has 0 fully saturated rings. The molecule has 0 aliphatic heterocycles. The molecule has 0 atom stereocenters. The van der Waals surface area contributed by atoms with E-state index < -0.39 is 0 Å². The molecule has 16 heavy (non-hydrogen) atoms. The Kier molecular flexibility index (Phi) is 3.85. The van der Waals surface area contributed by atoms with Gasteiger partial charge in [-0.1, -0.05) is 28.1 Å². The summed E-state index contributed by atoms with van der Waals surface area (Å²) < 4.78 is 1.06. The highest BCUT2D eigenvalue weighted by Crippen LogP contribution is 2.23. The van der Waals surface area contributed by atoms with Crippen LogP contribution >= 0.6 is 27.3 Å². The van der Waals surface area contributed by atoms with Gasteiger partial charge in [-0.3, -0.25) is 0 Å². The smallest absolute Gasteiger partial charge is 0.120 e. The Morgan fingerprint density at radius 3 is 2.75 bits per heavy atom. The number of nitrogens with zero attached hydrogens (tertiary/aromatic N) is 1. The second-order valence-corrected chi connectivity index (χ2v) is 5.20. The first-order valence-corrected chi connectivity index (χ1v) is 6.61. The molecule has 0 spiro atoms. The standard InChI is InChI=1S/C12H10BrNOS/c13-10-5-3-9(4-6-10)11-8-16-12(14-11)2-1-7-15/h3-8H,1-2H2. The number of aldehydes is 1.